The zero-order valence-corrected chi connectivity index (χ0v) is 9.48. The van der Waals surface area contributed by atoms with Gasteiger partial charge in [0.25, 0.3) is 0 Å². The molecule has 0 bridgehead atoms. The summed E-state index contributed by atoms with van der Waals surface area (Å²) in [4.78, 5) is 3.22. The van der Waals surface area contributed by atoms with Gasteiger partial charge >= 0.3 is 0 Å². The van der Waals surface area contributed by atoms with Crippen LogP contribution in [-0.4, -0.2) is 27.2 Å². The number of hydrogen-bond donors (Lipinski definition) is 1. The van der Waals surface area contributed by atoms with Gasteiger partial charge in [0.15, 0.2) is 0 Å². The summed E-state index contributed by atoms with van der Waals surface area (Å²) in [5, 5.41) is 0. The van der Waals surface area contributed by atoms with Crippen molar-refractivity contribution >= 4 is 46.2 Å². The summed E-state index contributed by atoms with van der Waals surface area (Å²) in [6.45, 7) is 2.21. The minimum Gasteiger partial charge on any atom is -0.366 e. The minimum absolute atomic E-state index is 0.688. The lowest BCUT2D eigenvalue weighted by Gasteiger charge is -2.28. The monoisotopic (exact) mass is 219 g/mol. The first-order chi connectivity index (χ1) is 5.70. The van der Waals surface area contributed by atoms with Crippen LogP contribution in [-0.2, 0) is 0 Å². The summed E-state index contributed by atoms with van der Waals surface area (Å²) in [6.07, 6.45) is 4.55. The summed E-state index contributed by atoms with van der Waals surface area (Å²) < 4.78 is 0.700. The second kappa shape index (κ2) is 5.14. The van der Waals surface area contributed by atoms with E-state index >= 15 is 0 Å². The Balaban J connectivity index is 2.34. The van der Waals surface area contributed by atoms with Gasteiger partial charge in [0.05, 0.1) is 9.19 Å². The van der Waals surface area contributed by atoms with Crippen molar-refractivity contribution in [1.82, 2.24) is 4.90 Å². The molecular weight excluding hydrogens is 206 g/mol. The molecule has 1 heterocycles. The predicted molar refractivity (Wildman–Crippen MR) is 64.2 cm³/mol. The fourth-order valence-electron chi connectivity index (χ4n) is 1.38. The van der Waals surface area contributed by atoms with Crippen LogP contribution in [0, 0.1) is 0 Å². The molecule has 1 aliphatic rings. The number of hydrogen-bond acceptors (Lipinski definition) is 2. The Morgan fingerprint density at radius 1 is 1.17 bits per heavy atom. The van der Waals surface area contributed by atoms with Crippen LogP contribution in [0.15, 0.2) is 0 Å². The van der Waals surface area contributed by atoms with Crippen molar-refractivity contribution in [3.8, 4) is 0 Å². The van der Waals surface area contributed by atoms with Crippen molar-refractivity contribution in [1.29, 1.82) is 0 Å². The third-order valence-corrected chi connectivity index (χ3v) is 2.72. The van der Waals surface area contributed by atoms with Gasteiger partial charge in [-0.1, -0.05) is 24.4 Å². The lowest BCUT2D eigenvalue weighted by molar-refractivity contribution is 0.344. The lowest BCUT2D eigenvalue weighted by Crippen LogP contribution is -2.34. The molecule has 1 aliphatic heterocycles. The van der Waals surface area contributed by atoms with Gasteiger partial charge in [-0.3, -0.25) is 0 Å². The van der Waals surface area contributed by atoms with Crippen LogP contribution in [0.5, 0.6) is 0 Å². The smallest absolute Gasteiger partial charge is 0.0837 e. The van der Waals surface area contributed by atoms with E-state index in [1.54, 1.807) is 0 Å². The zero-order chi connectivity index (χ0) is 8.97. The van der Waals surface area contributed by atoms with E-state index in [2.05, 4.69) is 17.5 Å². The number of likely N-dealkylation sites (tertiary alicyclic amines) is 1. The average Bonchev–Trinajstić information content (AvgIpc) is 2.05. The quantitative estimate of drug-likeness (QED) is 0.562. The molecule has 0 aromatic rings. The van der Waals surface area contributed by atoms with Crippen LogP contribution in [0.2, 0.25) is 0 Å². The van der Waals surface area contributed by atoms with Crippen molar-refractivity contribution in [2.24, 2.45) is 0 Å². The topological polar surface area (TPSA) is 3.24 Å². The van der Waals surface area contributed by atoms with Crippen molar-refractivity contribution in [3.05, 3.63) is 0 Å². The molecule has 0 aromatic carbocycles. The fourth-order valence-corrected chi connectivity index (χ4v) is 2.20. The van der Waals surface area contributed by atoms with Crippen LogP contribution in [0.4, 0.5) is 0 Å². The van der Waals surface area contributed by atoms with Crippen LogP contribution >= 0.6 is 37.1 Å². The van der Waals surface area contributed by atoms with Gasteiger partial charge in [0.1, 0.15) is 0 Å². The second-order valence-electron chi connectivity index (χ2n) is 3.01. The summed E-state index contributed by atoms with van der Waals surface area (Å²) in [5.41, 5.74) is 0. The molecule has 1 saturated heterocycles. The zero-order valence-electron chi connectivity index (χ0n) is 6.95. The molecule has 12 heavy (non-hydrogen) atoms. The molecular formula is C8H13NS3. The standard InChI is InChI=1S/C8H13NS3/c10-7(6-8(11)12)9-4-2-1-3-5-9/h1-6H2,(H,11,12). The van der Waals surface area contributed by atoms with E-state index in [-0.39, 0.29) is 0 Å². The number of nitrogens with zero attached hydrogens (tertiary/aromatic N) is 1. The number of thiol groups is 1. The normalized spacial score (nSPS) is 17.6. The van der Waals surface area contributed by atoms with E-state index in [9.17, 15) is 0 Å². The Bertz CT molecular complexity index is 185. The SMILES string of the molecule is S=C(S)CC(=S)N1CCCCC1. The van der Waals surface area contributed by atoms with Gasteiger partial charge in [-0.05, 0) is 19.3 Å². The molecule has 68 valence electrons. The molecule has 1 fully saturated rings. The largest absolute Gasteiger partial charge is 0.366 e. The number of thiocarbonyl (C=S) groups is 2. The van der Waals surface area contributed by atoms with Gasteiger partial charge in [0.2, 0.25) is 0 Å². The summed E-state index contributed by atoms with van der Waals surface area (Å²) in [7, 11) is 0. The molecule has 0 aliphatic carbocycles. The Kier molecular flexibility index (Phi) is 4.46. The van der Waals surface area contributed by atoms with Gasteiger partial charge < -0.3 is 4.90 Å². The molecule has 1 nitrogen and oxygen atoms in total. The highest BCUT2D eigenvalue weighted by atomic mass is 32.1. The van der Waals surface area contributed by atoms with E-state index in [0.29, 0.717) is 10.6 Å². The summed E-state index contributed by atoms with van der Waals surface area (Å²) in [5.74, 6) is 0. The maximum Gasteiger partial charge on any atom is 0.0837 e. The van der Waals surface area contributed by atoms with Crippen LogP contribution in [0.1, 0.15) is 25.7 Å². The number of rotatable bonds is 2. The minimum atomic E-state index is 0.688. The molecule has 0 amide bonds. The summed E-state index contributed by atoms with van der Waals surface area (Å²) in [6, 6.07) is 0. The average molecular weight is 219 g/mol. The van der Waals surface area contributed by atoms with E-state index in [4.69, 9.17) is 24.4 Å². The Hall–Kier alpha value is 0.330. The van der Waals surface area contributed by atoms with E-state index in [0.717, 1.165) is 18.1 Å². The van der Waals surface area contributed by atoms with Gasteiger partial charge in [-0.2, -0.15) is 0 Å². The van der Waals surface area contributed by atoms with E-state index in [1.807, 2.05) is 0 Å². The highest BCUT2D eigenvalue weighted by Crippen LogP contribution is 2.11. The number of piperidine rings is 1. The third-order valence-electron chi connectivity index (χ3n) is 2.01. The first-order valence-electron chi connectivity index (χ1n) is 4.20. The van der Waals surface area contributed by atoms with Crippen molar-refractivity contribution in [2.75, 3.05) is 13.1 Å². The van der Waals surface area contributed by atoms with Crippen LogP contribution < -0.4 is 0 Å². The van der Waals surface area contributed by atoms with Crippen molar-refractivity contribution in [2.45, 2.75) is 25.7 Å². The van der Waals surface area contributed by atoms with Crippen LogP contribution in [0.25, 0.3) is 0 Å². The first-order valence-corrected chi connectivity index (χ1v) is 5.46. The highest BCUT2D eigenvalue weighted by Gasteiger charge is 2.13. The Morgan fingerprint density at radius 2 is 1.75 bits per heavy atom. The van der Waals surface area contributed by atoms with Crippen molar-refractivity contribution < 1.29 is 0 Å². The molecule has 0 unspecified atom stereocenters. The van der Waals surface area contributed by atoms with Gasteiger partial charge in [-0.25, -0.2) is 0 Å². The summed E-state index contributed by atoms with van der Waals surface area (Å²) >= 11 is 14.2. The lowest BCUT2D eigenvalue weighted by atomic mass is 10.1. The molecule has 0 saturated carbocycles. The molecule has 0 N–H and O–H groups in total. The van der Waals surface area contributed by atoms with Gasteiger partial charge in [-0.15, -0.1) is 12.6 Å². The molecule has 1 rings (SSSR count). The molecule has 0 atom stereocenters. The highest BCUT2D eigenvalue weighted by molar-refractivity contribution is 8.11. The molecule has 0 spiro atoms. The maximum absolute atomic E-state index is 5.24. The van der Waals surface area contributed by atoms with E-state index in [1.165, 1.54) is 19.3 Å². The van der Waals surface area contributed by atoms with E-state index < -0.39 is 0 Å². The Morgan fingerprint density at radius 3 is 2.25 bits per heavy atom. The molecule has 4 heteroatoms. The maximum atomic E-state index is 5.24. The Labute approximate surface area is 89.9 Å². The molecule has 0 radical (unpaired) electrons. The third kappa shape index (κ3) is 3.37. The second-order valence-corrected chi connectivity index (χ2v) is 4.82. The fraction of sp³-hybridized carbons (Fsp3) is 0.750. The predicted octanol–water partition coefficient (Wildman–Crippen LogP) is 2.45. The van der Waals surface area contributed by atoms with Crippen LogP contribution in [0.3, 0.4) is 0 Å². The molecule has 0 aromatic heterocycles. The van der Waals surface area contributed by atoms with Crippen molar-refractivity contribution in [3.63, 3.8) is 0 Å². The first kappa shape index (κ1) is 10.4. The van der Waals surface area contributed by atoms with Gasteiger partial charge in [0, 0.05) is 19.5 Å².